The van der Waals surface area contributed by atoms with Crippen LogP contribution in [0.4, 0.5) is 10.1 Å². The Morgan fingerprint density at radius 1 is 1.14 bits per heavy atom. The van der Waals surface area contributed by atoms with Crippen LogP contribution in [-0.4, -0.2) is 95.1 Å². The number of hydrogen-bond donors (Lipinski definition) is 7. The number of halogens is 1. The van der Waals surface area contributed by atoms with E-state index in [2.05, 4.69) is 20.9 Å². The van der Waals surface area contributed by atoms with Crippen molar-refractivity contribution in [2.24, 2.45) is 5.73 Å². The molecule has 2 saturated heterocycles. The summed E-state index contributed by atoms with van der Waals surface area (Å²) in [6, 6.07) is 10.8. The number of aliphatic hydroxyl groups is 2. The van der Waals surface area contributed by atoms with Crippen LogP contribution >= 0.6 is 0 Å². The summed E-state index contributed by atoms with van der Waals surface area (Å²) < 4.78 is 27.0. The number of ether oxygens (including phenoxy) is 2. The van der Waals surface area contributed by atoms with Crippen LogP contribution in [0.5, 0.6) is 11.5 Å². The highest BCUT2D eigenvalue weighted by Gasteiger charge is 2.20. The fraction of sp³-hybridized carbons (Fsp3) is 0.484. The molecule has 11 nitrogen and oxygen atoms in total. The summed E-state index contributed by atoms with van der Waals surface area (Å²) in [5.41, 5.74) is 9.04. The third-order valence-electron chi connectivity index (χ3n) is 7.09. The van der Waals surface area contributed by atoms with Gasteiger partial charge in [0.25, 0.3) is 0 Å². The minimum Gasteiger partial charge on any atom is -0.490 e. The van der Waals surface area contributed by atoms with Gasteiger partial charge >= 0.3 is 0 Å². The number of nitrogens with two attached hydrogens (primary N) is 1. The van der Waals surface area contributed by atoms with Crippen LogP contribution in [0.1, 0.15) is 30.4 Å². The van der Waals surface area contributed by atoms with Gasteiger partial charge in [-0.3, -0.25) is 4.79 Å². The normalized spacial score (nSPS) is 17.0. The molecule has 0 radical (unpaired) electrons. The number of benzene rings is 2. The van der Waals surface area contributed by atoms with Crippen molar-refractivity contribution in [1.82, 2.24) is 16.0 Å². The van der Waals surface area contributed by atoms with Gasteiger partial charge in [-0.05, 0) is 49.6 Å². The molecule has 2 atom stereocenters. The summed E-state index contributed by atoms with van der Waals surface area (Å²) in [5.74, 6) is 0.846. The molecule has 0 bridgehead atoms. The van der Waals surface area contributed by atoms with Gasteiger partial charge in [0.15, 0.2) is 0 Å². The molecular formula is C31H47FN6O5. The Labute approximate surface area is 253 Å². The largest absolute Gasteiger partial charge is 0.490 e. The summed E-state index contributed by atoms with van der Waals surface area (Å²) >= 11 is 0. The van der Waals surface area contributed by atoms with Gasteiger partial charge in [-0.1, -0.05) is 6.07 Å². The van der Waals surface area contributed by atoms with Crippen molar-refractivity contribution in [2.75, 3.05) is 64.9 Å². The number of rotatable bonds is 14. The highest BCUT2D eigenvalue weighted by Crippen LogP contribution is 2.30. The molecule has 0 saturated carbocycles. The van der Waals surface area contributed by atoms with E-state index in [0.29, 0.717) is 49.3 Å². The first kappa shape index (κ1) is 35.5. The monoisotopic (exact) mass is 602 g/mol. The third-order valence-corrected chi connectivity index (χ3v) is 7.09. The van der Waals surface area contributed by atoms with E-state index in [4.69, 9.17) is 30.8 Å². The van der Waals surface area contributed by atoms with Gasteiger partial charge in [-0.25, -0.2) is 4.39 Å². The summed E-state index contributed by atoms with van der Waals surface area (Å²) in [7, 11) is 2.00. The zero-order valence-electron chi connectivity index (χ0n) is 25.2. The number of aliphatic hydroxyl groups excluding tert-OH is 2. The Balaban J connectivity index is 0.00000155. The van der Waals surface area contributed by atoms with Crippen molar-refractivity contribution in [3.05, 3.63) is 59.5 Å². The highest BCUT2D eigenvalue weighted by molar-refractivity contribution is 6.09. The molecule has 0 aromatic heterocycles. The number of aryl methyl sites for hydroxylation is 1. The summed E-state index contributed by atoms with van der Waals surface area (Å²) in [6.45, 7) is 5.50. The zero-order valence-corrected chi connectivity index (χ0v) is 25.2. The zero-order chi connectivity index (χ0) is 31.5. The average Bonchev–Trinajstić information content (AvgIpc) is 3.57. The lowest BCUT2D eigenvalue weighted by atomic mass is 9.99. The molecule has 1 amide bonds. The van der Waals surface area contributed by atoms with E-state index in [-0.39, 0.29) is 18.0 Å². The molecule has 2 aromatic rings. The van der Waals surface area contributed by atoms with Gasteiger partial charge in [-0.15, -0.1) is 0 Å². The topological polar surface area (TPSA) is 165 Å². The second-order valence-electron chi connectivity index (χ2n) is 9.85. The van der Waals surface area contributed by atoms with Crippen molar-refractivity contribution >= 4 is 23.9 Å². The van der Waals surface area contributed by atoms with E-state index in [9.17, 15) is 9.18 Å². The Bertz CT molecular complexity index is 1140. The number of hydrogen-bond acceptors (Lipinski definition) is 10. The molecular weight excluding hydrogens is 555 g/mol. The maximum absolute atomic E-state index is 14.5. The molecule has 2 fully saturated rings. The molecule has 2 aromatic carbocycles. The number of amides is 1. The predicted octanol–water partition coefficient (Wildman–Crippen LogP) is 1.66. The van der Waals surface area contributed by atoms with Crippen LogP contribution in [0.15, 0.2) is 42.6 Å². The minimum atomic E-state index is -0.337. The molecule has 0 aliphatic carbocycles. The van der Waals surface area contributed by atoms with Crippen LogP contribution in [0.2, 0.25) is 0 Å². The van der Waals surface area contributed by atoms with Crippen molar-refractivity contribution in [3.8, 4) is 11.5 Å². The second-order valence-corrected chi connectivity index (χ2v) is 9.85. The van der Waals surface area contributed by atoms with E-state index < -0.39 is 0 Å². The smallest absolute Gasteiger partial charge is 0.207 e. The van der Waals surface area contributed by atoms with Crippen molar-refractivity contribution in [2.45, 2.75) is 37.9 Å². The van der Waals surface area contributed by atoms with Crippen molar-refractivity contribution in [1.29, 1.82) is 5.41 Å². The van der Waals surface area contributed by atoms with Gasteiger partial charge in [0, 0.05) is 101 Å². The Kier molecular flexibility index (Phi) is 16.7. The number of allylic oxidation sites excluding steroid dienone is 1. The molecule has 238 valence electrons. The quantitative estimate of drug-likeness (QED) is 0.0968. The molecule has 12 heteroatoms. The van der Waals surface area contributed by atoms with Gasteiger partial charge in [0.1, 0.15) is 29.5 Å². The van der Waals surface area contributed by atoms with Gasteiger partial charge in [0.05, 0.1) is 0 Å². The first-order valence-corrected chi connectivity index (χ1v) is 14.5. The van der Waals surface area contributed by atoms with E-state index in [1.54, 1.807) is 6.07 Å². The first-order chi connectivity index (χ1) is 21.1. The fourth-order valence-corrected chi connectivity index (χ4v) is 4.99. The van der Waals surface area contributed by atoms with Crippen LogP contribution < -0.4 is 36.1 Å². The van der Waals surface area contributed by atoms with E-state index >= 15 is 0 Å². The molecule has 4 rings (SSSR count). The van der Waals surface area contributed by atoms with Crippen LogP contribution in [-0.2, 0) is 11.2 Å². The summed E-state index contributed by atoms with van der Waals surface area (Å²) in [5, 5.41) is 31.1. The predicted molar refractivity (Wildman–Crippen MR) is 168 cm³/mol. The average molecular weight is 603 g/mol. The van der Waals surface area contributed by atoms with Gasteiger partial charge < -0.3 is 51.7 Å². The van der Waals surface area contributed by atoms with Crippen molar-refractivity contribution < 1.29 is 28.9 Å². The van der Waals surface area contributed by atoms with E-state index in [1.807, 2.05) is 24.3 Å². The molecule has 8 N–H and O–H groups in total. The summed E-state index contributed by atoms with van der Waals surface area (Å²) in [6.07, 6.45) is 6.00. The Morgan fingerprint density at radius 2 is 1.91 bits per heavy atom. The molecule has 2 aliphatic rings. The van der Waals surface area contributed by atoms with Crippen LogP contribution in [0.25, 0.3) is 5.57 Å². The van der Waals surface area contributed by atoms with Gasteiger partial charge in [0.2, 0.25) is 6.41 Å². The maximum Gasteiger partial charge on any atom is 0.207 e. The number of carbonyl (C=O) groups excluding carboxylic acids is 1. The number of nitrogens with zero attached hydrogens (tertiary/aromatic N) is 1. The fourth-order valence-electron chi connectivity index (χ4n) is 4.99. The second kappa shape index (κ2) is 20.2. The number of anilines is 1. The molecule has 0 spiro atoms. The van der Waals surface area contributed by atoms with E-state index in [1.165, 1.54) is 18.5 Å². The van der Waals surface area contributed by atoms with Crippen molar-refractivity contribution in [3.63, 3.8) is 0 Å². The lowest BCUT2D eigenvalue weighted by molar-refractivity contribution is -0.109. The minimum absolute atomic E-state index is 0.0832. The highest BCUT2D eigenvalue weighted by atomic mass is 19.1. The Morgan fingerprint density at radius 3 is 2.56 bits per heavy atom. The first-order valence-electron chi connectivity index (χ1n) is 14.5. The molecule has 43 heavy (non-hydrogen) atoms. The molecule has 2 aliphatic heterocycles. The standard InChI is InChI=1S/C29H39FN6O3.2CH4O/c30-23-14-24(36-11-9-33-10-12-36)16-27(15-23)38-25(5-8-35-20-37)3-1-21-2-4-29(39-26-6-7-34-19-26)28(13-21)22(17-31)18-32;2*1-2/h2,4,13-18,20,25-26,31,33-34H,1,3,5-12,19,32H2,(H,35,37);2*2H,1H3/b22-18+,31-17?;;/t25?,26-;;/m0../s1. The maximum atomic E-state index is 14.5. The van der Waals surface area contributed by atoms with E-state index in [0.717, 1.165) is 76.7 Å². The Hall–Kier alpha value is -3.71. The summed E-state index contributed by atoms with van der Waals surface area (Å²) in [4.78, 5) is 13.0. The third kappa shape index (κ3) is 11.5. The SMILES string of the molecule is CO.CO.N=C/C(=C\N)c1cc(CCC(CCNC=O)Oc2cc(F)cc(N3CCNCC3)c2)ccc1O[C@H]1CCNC1. The number of piperazine rings is 1. The van der Waals surface area contributed by atoms with Crippen LogP contribution in [0.3, 0.4) is 0 Å². The van der Waals surface area contributed by atoms with Crippen LogP contribution in [0, 0.1) is 11.2 Å². The lowest BCUT2D eigenvalue weighted by Crippen LogP contribution is -2.43. The number of carbonyl (C=O) groups is 1. The number of nitrogens with one attached hydrogen (secondary N) is 4. The lowest BCUT2D eigenvalue weighted by Gasteiger charge is -2.30. The molecule has 2 heterocycles. The molecule has 1 unspecified atom stereocenters. The van der Waals surface area contributed by atoms with Gasteiger partial charge in [-0.2, -0.15) is 0 Å².